The summed E-state index contributed by atoms with van der Waals surface area (Å²) in [7, 11) is 0. The fraction of sp³-hybridized carbons (Fsp3) is 0.0545. The quantitative estimate of drug-likeness (QED) is 0.161. The van der Waals surface area contributed by atoms with Crippen LogP contribution in [0.4, 0.5) is 0 Å². The van der Waals surface area contributed by atoms with Gasteiger partial charge in [0.2, 0.25) is 0 Å². The maximum atomic E-state index is 2.44. The summed E-state index contributed by atoms with van der Waals surface area (Å²) in [6.45, 7) is 4.76. The van der Waals surface area contributed by atoms with Crippen molar-refractivity contribution in [2.24, 2.45) is 0 Å². The smallest absolute Gasteiger partial charge is 0.0159 e. The zero-order valence-corrected chi connectivity index (χ0v) is 31.0. The molecule has 258 valence electrons. The molecule has 0 heteroatoms. The van der Waals surface area contributed by atoms with Crippen molar-refractivity contribution < 1.29 is 0 Å². The van der Waals surface area contributed by atoms with E-state index in [-0.39, 0.29) is 5.41 Å². The van der Waals surface area contributed by atoms with E-state index in [0.29, 0.717) is 0 Å². The molecule has 55 heavy (non-hydrogen) atoms. The second kappa shape index (κ2) is 12.1. The first-order valence-electron chi connectivity index (χ1n) is 19.3. The normalized spacial score (nSPS) is 13.1. The average molecular weight is 699 g/mol. The van der Waals surface area contributed by atoms with Gasteiger partial charge in [-0.2, -0.15) is 0 Å². The minimum absolute atomic E-state index is 0.0851. The van der Waals surface area contributed by atoms with Gasteiger partial charge in [-0.25, -0.2) is 0 Å². The molecule has 1 aliphatic carbocycles. The fourth-order valence-electron chi connectivity index (χ4n) is 9.40. The molecule has 10 aromatic rings. The lowest BCUT2D eigenvalue weighted by Gasteiger charge is -2.22. The molecule has 0 bridgehead atoms. The number of hydrogen-bond donors (Lipinski definition) is 0. The Labute approximate surface area is 322 Å². The highest BCUT2D eigenvalue weighted by molar-refractivity contribution is 6.21. The number of rotatable bonds is 4. The van der Waals surface area contributed by atoms with Crippen LogP contribution in [0.25, 0.3) is 98.7 Å². The van der Waals surface area contributed by atoms with Crippen molar-refractivity contribution in [3.63, 3.8) is 0 Å². The standard InChI is InChI=1S/C55H38/c1-55(2)51-34-43(28-29-45(51)50-32-40-14-5-6-15-41(40)33-52(50)55)39-16-11-17-44(31-39)54-48-20-9-7-18-46(48)53(47-19-8-10-21-49(47)54)37-25-22-36(23-26-37)42-27-24-35-12-3-4-13-38(35)30-42/h3-34H,1-2H3. The second-order valence-corrected chi connectivity index (χ2v) is 15.7. The monoisotopic (exact) mass is 698 g/mol. The second-order valence-electron chi connectivity index (χ2n) is 15.7. The Hall–Kier alpha value is -6.76. The third-order valence-electron chi connectivity index (χ3n) is 12.2. The van der Waals surface area contributed by atoms with E-state index in [9.17, 15) is 0 Å². The van der Waals surface area contributed by atoms with E-state index in [2.05, 4.69) is 208 Å². The van der Waals surface area contributed by atoms with Crippen molar-refractivity contribution in [3.8, 4) is 55.6 Å². The molecule has 0 saturated carbocycles. The fourth-order valence-corrected chi connectivity index (χ4v) is 9.40. The van der Waals surface area contributed by atoms with E-state index in [0.717, 1.165) is 0 Å². The lowest BCUT2D eigenvalue weighted by Crippen LogP contribution is -2.15. The third kappa shape index (κ3) is 4.99. The Morgan fingerprint density at radius 2 is 0.727 bits per heavy atom. The van der Waals surface area contributed by atoms with Crippen LogP contribution in [0.1, 0.15) is 25.0 Å². The third-order valence-corrected chi connectivity index (χ3v) is 12.2. The van der Waals surface area contributed by atoms with Crippen molar-refractivity contribution >= 4 is 43.1 Å². The molecule has 0 heterocycles. The van der Waals surface area contributed by atoms with Gasteiger partial charge in [-0.15, -0.1) is 0 Å². The summed E-state index contributed by atoms with van der Waals surface area (Å²) in [5.41, 5.74) is 15.4. The van der Waals surface area contributed by atoms with Crippen LogP contribution in [0.15, 0.2) is 194 Å². The van der Waals surface area contributed by atoms with Crippen LogP contribution in [-0.2, 0) is 5.41 Å². The molecule has 0 aromatic heterocycles. The van der Waals surface area contributed by atoms with Crippen LogP contribution in [0.3, 0.4) is 0 Å². The minimum atomic E-state index is -0.0851. The van der Waals surface area contributed by atoms with Crippen LogP contribution >= 0.6 is 0 Å². The minimum Gasteiger partial charge on any atom is -0.0616 e. The molecule has 0 saturated heterocycles. The van der Waals surface area contributed by atoms with Gasteiger partial charge in [-0.1, -0.05) is 178 Å². The molecular formula is C55H38. The van der Waals surface area contributed by atoms with Gasteiger partial charge in [0.05, 0.1) is 0 Å². The molecule has 0 N–H and O–H groups in total. The van der Waals surface area contributed by atoms with Gasteiger partial charge in [0, 0.05) is 5.41 Å². The maximum absolute atomic E-state index is 2.44. The van der Waals surface area contributed by atoms with E-state index in [1.807, 2.05) is 0 Å². The van der Waals surface area contributed by atoms with Gasteiger partial charge in [0.1, 0.15) is 0 Å². The topological polar surface area (TPSA) is 0 Å². The molecule has 0 unspecified atom stereocenters. The van der Waals surface area contributed by atoms with Gasteiger partial charge < -0.3 is 0 Å². The summed E-state index contributed by atoms with van der Waals surface area (Å²) in [5.74, 6) is 0. The van der Waals surface area contributed by atoms with Crippen LogP contribution in [-0.4, -0.2) is 0 Å². The summed E-state index contributed by atoms with van der Waals surface area (Å²) in [6, 6.07) is 72.2. The lowest BCUT2D eigenvalue weighted by atomic mass is 9.81. The van der Waals surface area contributed by atoms with Crippen molar-refractivity contribution in [2.45, 2.75) is 19.3 Å². The van der Waals surface area contributed by atoms with Crippen LogP contribution in [0, 0.1) is 0 Å². The Kier molecular flexibility index (Phi) is 7.00. The van der Waals surface area contributed by atoms with Crippen LogP contribution in [0.5, 0.6) is 0 Å². The van der Waals surface area contributed by atoms with E-state index in [4.69, 9.17) is 0 Å². The van der Waals surface area contributed by atoms with Gasteiger partial charge in [0.15, 0.2) is 0 Å². The molecule has 10 aromatic carbocycles. The molecule has 1 aliphatic rings. The molecule has 0 radical (unpaired) electrons. The molecule has 0 nitrogen and oxygen atoms in total. The summed E-state index contributed by atoms with van der Waals surface area (Å²) in [6.07, 6.45) is 0. The van der Waals surface area contributed by atoms with Crippen molar-refractivity contribution in [1.82, 2.24) is 0 Å². The lowest BCUT2D eigenvalue weighted by molar-refractivity contribution is 0.661. The van der Waals surface area contributed by atoms with E-state index in [1.165, 1.54) is 110 Å². The average Bonchev–Trinajstić information content (AvgIpc) is 3.46. The number of benzene rings is 10. The van der Waals surface area contributed by atoms with Gasteiger partial charge in [-0.05, 0) is 140 Å². The van der Waals surface area contributed by atoms with Crippen molar-refractivity contribution in [3.05, 3.63) is 205 Å². The maximum Gasteiger partial charge on any atom is 0.0159 e. The number of fused-ring (bicyclic) bond motifs is 7. The summed E-state index contributed by atoms with van der Waals surface area (Å²) >= 11 is 0. The molecular weight excluding hydrogens is 661 g/mol. The highest BCUT2D eigenvalue weighted by atomic mass is 14.4. The molecule has 0 atom stereocenters. The van der Waals surface area contributed by atoms with Gasteiger partial charge in [-0.3, -0.25) is 0 Å². The summed E-state index contributed by atoms with van der Waals surface area (Å²) < 4.78 is 0. The zero-order valence-electron chi connectivity index (χ0n) is 31.0. The largest absolute Gasteiger partial charge is 0.0616 e. The zero-order chi connectivity index (χ0) is 36.7. The van der Waals surface area contributed by atoms with Gasteiger partial charge >= 0.3 is 0 Å². The first-order chi connectivity index (χ1) is 27.0. The van der Waals surface area contributed by atoms with E-state index >= 15 is 0 Å². The Bertz CT molecular complexity index is 3100. The molecule has 11 rings (SSSR count). The first-order valence-corrected chi connectivity index (χ1v) is 19.3. The molecule has 0 fully saturated rings. The molecule has 0 spiro atoms. The Balaban J connectivity index is 1.03. The summed E-state index contributed by atoms with van der Waals surface area (Å²) in [5, 5.41) is 10.2. The highest BCUT2D eigenvalue weighted by Crippen LogP contribution is 2.51. The van der Waals surface area contributed by atoms with Gasteiger partial charge in [0.25, 0.3) is 0 Å². The first kappa shape index (κ1) is 31.7. The highest BCUT2D eigenvalue weighted by Gasteiger charge is 2.36. The van der Waals surface area contributed by atoms with Crippen molar-refractivity contribution in [1.29, 1.82) is 0 Å². The van der Waals surface area contributed by atoms with Crippen molar-refractivity contribution in [2.75, 3.05) is 0 Å². The SMILES string of the molecule is CC1(C)c2cc(-c3cccc(-c4c5ccccc5c(-c5ccc(-c6ccc7ccccc7c6)cc5)c5ccccc45)c3)ccc2-c2cc3ccccc3cc21. The van der Waals surface area contributed by atoms with E-state index in [1.54, 1.807) is 0 Å². The van der Waals surface area contributed by atoms with Crippen LogP contribution in [0.2, 0.25) is 0 Å². The predicted molar refractivity (Wildman–Crippen MR) is 236 cm³/mol. The van der Waals surface area contributed by atoms with Crippen LogP contribution < -0.4 is 0 Å². The summed E-state index contributed by atoms with van der Waals surface area (Å²) in [4.78, 5) is 0. The Morgan fingerprint density at radius 1 is 0.273 bits per heavy atom. The Morgan fingerprint density at radius 3 is 1.40 bits per heavy atom. The molecule has 0 amide bonds. The molecule has 0 aliphatic heterocycles. The van der Waals surface area contributed by atoms with E-state index < -0.39 is 0 Å². The predicted octanol–water partition coefficient (Wildman–Crippen LogP) is 15.3. The number of hydrogen-bond acceptors (Lipinski definition) is 0.